The van der Waals surface area contributed by atoms with Gasteiger partial charge in [-0.15, -0.1) is 0 Å². The third-order valence-corrected chi connectivity index (χ3v) is 5.03. The van der Waals surface area contributed by atoms with Gasteiger partial charge in [-0.25, -0.2) is 19.9 Å². The number of hydrogen-bond donors (Lipinski definition) is 1. The Labute approximate surface area is 171 Å². The van der Waals surface area contributed by atoms with Crippen molar-refractivity contribution in [2.45, 2.75) is 18.9 Å². The monoisotopic (exact) mass is 390 g/mol. The summed E-state index contributed by atoms with van der Waals surface area (Å²) in [5.41, 5.74) is 3.19. The molecule has 4 rings (SSSR count). The Morgan fingerprint density at radius 2 is 1.93 bits per heavy atom. The van der Waals surface area contributed by atoms with E-state index >= 15 is 0 Å². The summed E-state index contributed by atoms with van der Waals surface area (Å²) in [4.78, 5) is 20.0. The van der Waals surface area contributed by atoms with Crippen LogP contribution in [0.2, 0.25) is 0 Å². The van der Waals surface area contributed by atoms with Crippen LogP contribution in [-0.4, -0.2) is 58.2 Å². The van der Waals surface area contributed by atoms with Crippen LogP contribution in [0.15, 0.2) is 55.1 Å². The minimum Gasteiger partial charge on any atom is -0.381 e. The van der Waals surface area contributed by atoms with E-state index in [0.717, 1.165) is 67.7 Å². The van der Waals surface area contributed by atoms with E-state index in [4.69, 9.17) is 4.74 Å². The maximum atomic E-state index is 5.46. The fourth-order valence-electron chi connectivity index (χ4n) is 3.40. The van der Waals surface area contributed by atoms with Crippen molar-refractivity contribution < 1.29 is 4.74 Å². The molecule has 0 aliphatic carbocycles. The maximum absolute atomic E-state index is 5.46. The summed E-state index contributed by atoms with van der Waals surface area (Å²) in [6.07, 6.45) is 6.47. The molecule has 1 atom stereocenters. The van der Waals surface area contributed by atoms with Gasteiger partial charge in [-0.3, -0.25) is 0 Å². The smallest absolute Gasteiger partial charge is 0.159 e. The van der Waals surface area contributed by atoms with Crippen LogP contribution in [0.4, 0.5) is 5.82 Å². The van der Waals surface area contributed by atoms with Gasteiger partial charge in [-0.2, -0.15) is 0 Å². The third kappa shape index (κ3) is 5.34. The number of aromatic nitrogens is 4. The van der Waals surface area contributed by atoms with E-state index in [-0.39, 0.29) is 0 Å². The second-order valence-electron chi connectivity index (χ2n) is 7.33. The Balaban J connectivity index is 1.25. The fraction of sp³-hybridized carbons (Fsp3) is 0.364. The van der Waals surface area contributed by atoms with Crippen LogP contribution >= 0.6 is 0 Å². The highest BCUT2D eigenvalue weighted by Crippen LogP contribution is 2.24. The summed E-state index contributed by atoms with van der Waals surface area (Å²) >= 11 is 0. The van der Waals surface area contributed by atoms with Crippen molar-refractivity contribution in [2.24, 2.45) is 0 Å². The molecule has 1 saturated heterocycles. The molecule has 1 aliphatic heterocycles. The van der Waals surface area contributed by atoms with Gasteiger partial charge in [0.2, 0.25) is 0 Å². The molecule has 3 aromatic rings. The van der Waals surface area contributed by atoms with E-state index in [1.165, 1.54) is 0 Å². The van der Waals surface area contributed by atoms with Crippen molar-refractivity contribution in [1.29, 1.82) is 0 Å². The normalized spacial score (nSPS) is 16.3. The zero-order valence-corrected chi connectivity index (χ0v) is 16.7. The molecule has 0 unspecified atom stereocenters. The zero-order chi connectivity index (χ0) is 19.9. The van der Waals surface area contributed by atoms with Crippen molar-refractivity contribution in [2.75, 3.05) is 38.7 Å². The van der Waals surface area contributed by atoms with E-state index in [0.29, 0.717) is 5.92 Å². The van der Waals surface area contributed by atoms with Gasteiger partial charge < -0.3 is 15.0 Å². The minimum absolute atomic E-state index is 0.389. The van der Waals surface area contributed by atoms with Gasteiger partial charge in [-0.05, 0) is 13.5 Å². The molecule has 1 N–H and O–H groups in total. The first kappa shape index (κ1) is 19.4. The second-order valence-corrected chi connectivity index (χ2v) is 7.33. The average molecular weight is 390 g/mol. The van der Waals surface area contributed by atoms with Gasteiger partial charge in [-0.1, -0.05) is 30.3 Å². The molecule has 1 aliphatic rings. The van der Waals surface area contributed by atoms with Gasteiger partial charge >= 0.3 is 0 Å². The molecule has 7 heteroatoms. The molecule has 1 fully saturated rings. The maximum Gasteiger partial charge on any atom is 0.159 e. The van der Waals surface area contributed by atoms with Crippen molar-refractivity contribution >= 4 is 5.82 Å². The van der Waals surface area contributed by atoms with E-state index in [1.807, 2.05) is 48.8 Å². The summed E-state index contributed by atoms with van der Waals surface area (Å²) in [6, 6.07) is 12.1. The summed E-state index contributed by atoms with van der Waals surface area (Å²) in [7, 11) is 2.09. The highest BCUT2D eigenvalue weighted by molar-refractivity contribution is 5.53. The van der Waals surface area contributed by atoms with Crippen LogP contribution in [0.25, 0.3) is 11.4 Å². The number of rotatable bonds is 8. The molecule has 1 aromatic carbocycles. The number of nitrogens with zero attached hydrogens (tertiary/aromatic N) is 5. The molecular weight excluding hydrogens is 364 g/mol. The first-order valence-electron chi connectivity index (χ1n) is 9.96. The molecule has 0 radical (unpaired) electrons. The molecule has 2 aromatic heterocycles. The lowest BCUT2D eigenvalue weighted by atomic mass is 10.1. The Morgan fingerprint density at radius 1 is 1.10 bits per heavy atom. The second kappa shape index (κ2) is 9.54. The first-order chi connectivity index (χ1) is 14.3. The zero-order valence-electron chi connectivity index (χ0n) is 16.7. The van der Waals surface area contributed by atoms with E-state index in [1.54, 1.807) is 6.33 Å². The summed E-state index contributed by atoms with van der Waals surface area (Å²) in [5, 5.41) is 3.39. The summed E-state index contributed by atoms with van der Waals surface area (Å²) in [5.74, 6) is 2.01. The molecule has 7 nitrogen and oxygen atoms in total. The predicted octanol–water partition coefficient (Wildman–Crippen LogP) is 2.98. The van der Waals surface area contributed by atoms with E-state index in [2.05, 4.69) is 37.2 Å². The van der Waals surface area contributed by atoms with Gasteiger partial charge in [0.15, 0.2) is 5.82 Å². The Morgan fingerprint density at radius 3 is 2.69 bits per heavy atom. The lowest BCUT2D eigenvalue weighted by Crippen LogP contribution is -2.25. The van der Waals surface area contributed by atoms with Gasteiger partial charge in [0.05, 0.1) is 12.3 Å². The van der Waals surface area contributed by atoms with Crippen LogP contribution in [0, 0.1) is 0 Å². The Bertz CT molecular complexity index is 897. The third-order valence-electron chi connectivity index (χ3n) is 5.03. The first-order valence-corrected chi connectivity index (χ1v) is 9.96. The van der Waals surface area contributed by atoms with Crippen LogP contribution in [0.5, 0.6) is 0 Å². The van der Waals surface area contributed by atoms with Gasteiger partial charge in [0, 0.05) is 61.7 Å². The van der Waals surface area contributed by atoms with Gasteiger partial charge in [0.25, 0.3) is 0 Å². The molecule has 0 amide bonds. The summed E-state index contributed by atoms with van der Waals surface area (Å²) < 4.78 is 5.46. The van der Waals surface area contributed by atoms with Crippen LogP contribution in [0.3, 0.4) is 0 Å². The van der Waals surface area contributed by atoms with Crippen molar-refractivity contribution in [1.82, 2.24) is 24.8 Å². The highest BCUT2D eigenvalue weighted by Gasteiger charge is 2.19. The molecular formula is C22H26N6O. The van der Waals surface area contributed by atoms with Crippen molar-refractivity contribution in [3.05, 3.63) is 66.4 Å². The molecule has 0 saturated carbocycles. The number of benzene rings is 1. The SMILES string of the molecule is CN(CCNc1cc([C@@H]2CCOC2)ncn1)Cc1cnc(-c2ccccc2)nc1. The fourth-order valence-corrected chi connectivity index (χ4v) is 3.40. The molecule has 150 valence electrons. The van der Waals surface area contributed by atoms with Crippen LogP contribution in [-0.2, 0) is 11.3 Å². The quantitative estimate of drug-likeness (QED) is 0.634. The number of likely N-dealkylation sites (N-methyl/N-ethyl adjacent to an activating group) is 1. The van der Waals surface area contributed by atoms with E-state index in [9.17, 15) is 0 Å². The van der Waals surface area contributed by atoms with Gasteiger partial charge in [0.1, 0.15) is 12.1 Å². The van der Waals surface area contributed by atoms with Crippen molar-refractivity contribution in [3.63, 3.8) is 0 Å². The van der Waals surface area contributed by atoms with Crippen LogP contribution in [0.1, 0.15) is 23.6 Å². The number of hydrogen-bond acceptors (Lipinski definition) is 7. The number of ether oxygens (including phenoxy) is 1. The number of nitrogens with one attached hydrogen (secondary N) is 1. The highest BCUT2D eigenvalue weighted by atomic mass is 16.5. The van der Waals surface area contributed by atoms with Crippen LogP contribution < -0.4 is 5.32 Å². The Kier molecular flexibility index (Phi) is 6.38. The summed E-state index contributed by atoms with van der Waals surface area (Å²) in [6.45, 7) is 4.05. The molecule has 3 heterocycles. The average Bonchev–Trinajstić information content (AvgIpc) is 3.30. The lowest BCUT2D eigenvalue weighted by Gasteiger charge is -2.17. The molecule has 0 bridgehead atoms. The minimum atomic E-state index is 0.389. The predicted molar refractivity (Wildman–Crippen MR) is 113 cm³/mol. The topological polar surface area (TPSA) is 76.1 Å². The molecule has 29 heavy (non-hydrogen) atoms. The van der Waals surface area contributed by atoms with E-state index < -0.39 is 0 Å². The molecule has 0 spiro atoms. The largest absolute Gasteiger partial charge is 0.381 e. The standard InChI is InChI=1S/C22H26N6O/c1-28(14-17-12-24-22(25-13-17)18-5-3-2-4-6-18)9-8-23-21-11-20(26-16-27-21)19-7-10-29-15-19/h2-6,11-13,16,19H,7-10,14-15H2,1H3,(H,23,26,27)/t19-/m1/s1. The lowest BCUT2D eigenvalue weighted by molar-refractivity contribution is 0.193. The number of anilines is 1. The van der Waals surface area contributed by atoms with Crippen molar-refractivity contribution in [3.8, 4) is 11.4 Å². The Hall–Kier alpha value is -2.90.